The van der Waals surface area contributed by atoms with Crippen molar-refractivity contribution < 1.29 is 9.53 Å². The number of benzene rings is 1. The van der Waals surface area contributed by atoms with Crippen molar-refractivity contribution in [3.63, 3.8) is 0 Å². The molecule has 0 radical (unpaired) electrons. The number of nitrogens with zero attached hydrogens (tertiary/aromatic N) is 2. The Morgan fingerprint density at radius 2 is 2.04 bits per heavy atom. The second-order valence-corrected chi connectivity index (χ2v) is 7.61. The zero-order valence-electron chi connectivity index (χ0n) is 15.7. The van der Waals surface area contributed by atoms with Crippen molar-refractivity contribution >= 4 is 6.41 Å². The SMILES string of the molecule is CCCN(CC1CCN(C=O)CC1)C1CCc2ccc(OC)cc2C1. The summed E-state index contributed by atoms with van der Waals surface area (Å²) in [6.07, 6.45) is 8.08. The summed E-state index contributed by atoms with van der Waals surface area (Å²) in [6, 6.07) is 7.20. The number of fused-ring (bicyclic) bond motifs is 1. The van der Waals surface area contributed by atoms with Gasteiger partial charge in [0.1, 0.15) is 5.75 Å². The maximum absolute atomic E-state index is 10.9. The minimum atomic E-state index is 0.642. The van der Waals surface area contributed by atoms with Crippen LogP contribution in [0.1, 0.15) is 43.7 Å². The van der Waals surface area contributed by atoms with Gasteiger partial charge in [-0.05, 0) is 74.2 Å². The van der Waals surface area contributed by atoms with Crippen molar-refractivity contribution in [1.82, 2.24) is 9.80 Å². The highest BCUT2D eigenvalue weighted by Gasteiger charge is 2.27. The van der Waals surface area contributed by atoms with Crippen LogP contribution in [0.25, 0.3) is 0 Å². The van der Waals surface area contributed by atoms with E-state index in [-0.39, 0.29) is 0 Å². The largest absolute Gasteiger partial charge is 0.497 e. The van der Waals surface area contributed by atoms with Crippen LogP contribution < -0.4 is 4.74 Å². The van der Waals surface area contributed by atoms with Crippen molar-refractivity contribution in [2.75, 3.05) is 33.3 Å². The van der Waals surface area contributed by atoms with Crippen LogP contribution >= 0.6 is 0 Å². The third-order valence-electron chi connectivity index (χ3n) is 5.93. The lowest BCUT2D eigenvalue weighted by Crippen LogP contribution is -2.44. The van der Waals surface area contributed by atoms with Crippen molar-refractivity contribution in [1.29, 1.82) is 0 Å². The molecule has 0 bridgehead atoms. The summed E-state index contributed by atoms with van der Waals surface area (Å²) in [4.78, 5) is 15.6. The molecule has 4 heteroatoms. The maximum Gasteiger partial charge on any atom is 0.209 e. The van der Waals surface area contributed by atoms with Gasteiger partial charge < -0.3 is 9.64 Å². The van der Waals surface area contributed by atoms with Gasteiger partial charge in [0.05, 0.1) is 7.11 Å². The minimum Gasteiger partial charge on any atom is -0.497 e. The van der Waals surface area contributed by atoms with Gasteiger partial charge in [-0.15, -0.1) is 0 Å². The van der Waals surface area contributed by atoms with Crippen LogP contribution in [0.3, 0.4) is 0 Å². The molecule has 3 rings (SSSR count). The topological polar surface area (TPSA) is 32.8 Å². The van der Waals surface area contributed by atoms with Gasteiger partial charge in [-0.3, -0.25) is 9.69 Å². The molecule has 0 aromatic heterocycles. The van der Waals surface area contributed by atoms with E-state index in [0.29, 0.717) is 6.04 Å². The van der Waals surface area contributed by atoms with Gasteiger partial charge in [0.25, 0.3) is 0 Å². The van der Waals surface area contributed by atoms with Crippen LogP contribution in [0.4, 0.5) is 0 Å². The van der Waals surface area contributed by atoms with Crippen LogP contribution in [0.15, 0.2) is 18.2 Å². The summed E-state index contributed by atoms with van der Waals surface area (Å²) in [5.74, 6) is 1.71. The van der Waals surface area contributed by atoms with E-state index in [2.05, 4.69) is 30.0 Å². The first-order valence-corrected chi connectivity index (χ1v) is 9.82. The number of hydrogen-bond donors (Lipinski definition) is 0. The van der Waals surface area contributed by atoms with Gasteiger partial charge in [-0.25, -0.2) is 0 Å². The first kappa shape index (κ1) is 18.2. The number of piperidine rings is 1. The van der Waals surface area contributed by atoms with Crippen LogP contribution in [-0.2, 0) is 17.6 Å². The lowest BCUT2D eigenvalue weighted by Gasteiger charge is -2.39. The van der Waals surface area contributed by atoms with Crippen molar-refractivity contribution in [2.24, 2.45) is 5.92 Å². The highest BCUT2D eigenvalue weighted by Crippen LogP contribution is 2.29. The Kier molecular flexibility index (Phi) is 6.35. The molecule has 1 fully saturated rings. The zero-order valence-corrected chi connectivity index (χ0v) is 15.7. The second-order valence-electron chi connectivity index (χ2n) is 7.61. The number of likely N-dealkylation sites (tertiary alicyclic amines) is 1. The molecular formula is C21H32N2O2. The molecule has 1 aliphatic heterocycles. The second kappa shape index (κ2) is 8.70. The molecule has 1 unspecified atom stereocenters. The Bertz CT molecular complexity index is 567. The van der Waals surface area contributed by atoms with E-state index in [1.807, 2.05) is 4.90 Å². The summed E-state index contributed by atoms with van der Waals surface area (Å²) in [5.41, 5.74) is 2.96. The predicted molar refractivity (Wildman–Crippen MR) is 101 cm³/mol. The number of methoxy groups -OCH3 is 1. The molecule has 1 saturated heterocycles. The number of carbonyl (C=O) groups excluding carboxylic acids is 1. The monoisotopic (exact) mass is 344 g/mol. The standard InChI is InChI=1S/C21H32N2O2/c1-3-10-23(15-17-8-11-22(16-24)12-9-17)20-6-4-18-5-7-21(25-2)14-19(18)13-20/h5,7,14,16-17,20H,3-4,6,8-13,15H2,1-2H3. The van der Waals surface area contributed by atoms with Crippen molar-refractivity contribution in [3.05, 3.63) is 29.3 Å². The molecule has 2 aliphatic rings. The fourth-order valence-electron chi connectivity index (χ4n) is 4.44. The number of ether oxygens (including phenoxy) is 1. The quantitative estimate of drug-likeness (QED) is 0.713. The lowest BCUT2D eigenvalue weighted by atomic mass is 9.86. The molecule has 1 aliphatic carbocycles. The molecular weight excluding hydrogens is 312 g/mol. The zero-order chi connectivity index (χ0) is 17.6. The number of amides is 1. The summed E-state index contributed by atoms with van der Waals surface area (Å²) in [6.45, 7) is 6.50. The minimum absolute atomic E-state index is 0.642. The fourth-order valence-corrected chi connectivity index (χ4v) is 4.44. The number of carbonyl (C=O) groups is 1. The summed E-state index contributed by atoms with van der Waals surface area (Å²) >= 11 is 0. The fraction of sp³-hybridized carbons (Fsp3) is 0.667. The normalized spacial score (nSPS) is 21.2. The van der Waals surface area contributed by atoms with E-state index in [4.69, 9.17) is 4.74 Å². The molecule has 1 amide bonds. The summed E-state index contributed by atoms with van der Waals surface area (Å²) in [7, 11) is 1.75. The van der Waals surface area contributed by atoms with Crippen LogP contribution in [0.5, 0.6) is 5.75 Å². The smallest absolute Gasteiger partial charge is 0.209 e. The Morgan fingerprint density at radius 3 is 2.72 bits per heavy atom. The molecule has 138 valence electrons. The van der Waals surface area contributed by atoms with Gasteiger partial charge in [-0.1, -0.05) is 13.0 Å². The molecule has 0 N–H and O–H groups in total. The average molecular weight is 344 g/mol. The molecule has 0 saturated carbocycles. The van der Waals surface area contributed by atoms with Crippen molar-refractivity contribution in [3.8, 4) is 5.75 Å². The first-order chi connectivity index (χ1) is 12.2. The van der Waals surface area contributed by atoms with Crippen LogP contribution in [0, 0.1) is 5.92 Å². The highest BCUT2D eigenvalue weighted by molar-refractivity contribution is 5.47. The van der Waals surface area contributed by atoms with Gasteiger partial charge >= 0.3 is 0 Å². The van der Waals surface area contributed by atoms with E-state index in [1.165, 1.54) is 43.5 Å². The predicted octanol–water partition coefficient (Wildman–Crippen LogP) is 3.13. The molecule has 0 spiro atoms. The molecule has 25 heavy (non-hydrogen) atoms. The first-order valence-electron chi connectivity index (χ1n) is 9.82. The Balaban J connectivity index is 1.63. The third-order valence-corrected chi connectivity index (χ3v) is 5.93. The molecule has 4 nitrogen and oxygen atoms in total. The number of rotatable bonds is 7. The average Bonchev–Trinajstić information content (AvgIpc) is 2.67. The number of aryl methyl sites for hydroxylation is 1. The van der Waals surface area contributed by atoms with Gasteiger partial charge in [0, 0.05) is 25.7 Å². The molecule has 1 atom stereocenters. The molecule has 1 aromatic rings. The Hall–Kier alpha value is -1.55. The number of hydrogen-bond acceptors (Lipinski definition) is 3. The Labute approximate surface area is 152 Å². The van der Waals surface area contributed by atoms with Gasteiger partial charge in [0.15, 0.2) is 0 Å². The lowest BCUT2D eigenvalue weighted by molar-refractivity contribution is -0.119. The maximum atomic E-state index is 10.9. The van der Waals surface area contributed by atoms with E-state index in [0.717, 1.165) is 50.4 Å². The van der Waals surface area contributed by atoms with Gasteiger partial charge in [-0.2, -0.15) is 0 Å². The highest BCUT2D eigenvalue weighted by atomic mass is 16.5. The van der Waals surface area contributed by atoms with Crippen LogP contribution in [-0.4, -0.2) is 55.5 Å². The van der Waals surface area contributed by atoms with E-state index in [1.54, 1.807) is 7.11 Å². The van der Waals surface area contributed by atoms with E-state index in [9.17, 15) is 4.79 Å². The summed E-state index contributed by atoms with van der Waals surface area (Å²) in [5, 5.41) is 0. The van der Waals surface area contributed by atoms with E-state index < -0.39 is 0 Å². The van der Waals surface area contributed by atoms with Crippen molar-refractivity contribution in [2.45, 2.75) is 51.5 Å². The van der Waals surface area contributed by atoms with Gasteiger partial charge in [0.2, 0.25) is 6.41 Å². The summed E-state index contributed by atoms with van der Waals surface area (Å²) < 4.78 is 5.42. The van der Waals surface area contributed by atoms with E-state index >= 15 is 0 Å². The molecule has 1 aromatic carbocycles. The third kappa shape index (κ3) is 4.55. The Morgan fingerprint density at radius 1 is 1.24 bits per heavy atom. The molecule has 1 heterocycles. The van der Waals surface area contributed by atoms with Crippen LogP contribution in [0.2, 0.25) is 0 Å².